The zero-order valence-electron chi connectivity index (χ0n) is 14.9. The molecule has 0 bridgehead atoms. The largest absolute Gasteiger partial charge is 0.352 e. The predicted molar refractivity (Wildman–Crippen MR) is 104 cm³/mol. The van der Waals surface area contributed by atoms with Crippen LogP contribution >= 0.6 is 12.4 Å². The third-order valence-electron chi connectivity index (χ3n) is 5.01. The van der Waals surface area contributed by atoms with Crippen LogP contribution in [0.25, 0.3) is 0 Å². The number of nitrogens with one attached hydrogen (secondary N) is 2. The van der Waals surface area contributed by atoms with E-state index >= 15 is 0 Å². The van der Waals surface area contributed by atoms with E-state index in [1.54, 1.807) is 24.3 Å². The molecule has 146 valence electrons. The van der Waals surface area contributed by atoms with Gasteiger partial charge >= 0.3 is 0 Å². The predicted octanol–water partition coefficient (Wildman–Crippen LogP) is 2.01. The molecule has 6 nitrogen and oxygen atoms in total. The first-order chi connectivity index (χ1) is 12.1. The van der Waals surface area contributed by atoms with Gasteiger partial charge in [-0.2, -0.15) is 4.31 Å². The highest BCUT2D eigenvalue weighted by molar-refractivity contribution is 7.89. The topological polar surface area (TPSA) is 78.5 Å². The monoisotopic (exact) mass is 401 g/mol. The normalized spacial score (nSPS) is 21.6. The molecule has 1 unspecified atom stereocenters. The summed E-state index contributed by atoms with van der Waals surface area (Å²) in [4.78, 5) is 12.7. The second kappa shape index (κ2) is 9.69. The Kier molecular flexibility index (Phi) is 7.88. The summed E-state index contributed by atoms with van der Waals surface area (Å²) in [5.41, 5.74) is 0.247. The average Bonchev–Trinajstić information content (AvgIpc) is 2.67. The lowest BCUT2D eigenvalue weighted by molar-refractivity contribution is 0.0941. The highest BCUT2D eigenvalue weighted by atomic mass is 35.5. The van der Waals surface area contributed by atoms with Crippen molar-refractivity contribution in [3.8, 4) is 0 Å². The molecule has 0 saturated carbocycles. The molecule has 2 fully saturated rings. The van der Waals surface area contributed by atoms with E-state index in [2.05, 4.69) is 10.6 Å². The molecule has 1 atom stereocenters. The van der Waals surface area contributed by atoms with E-state index in [0.717, 1.165) is 45.2 Å². The van der Waals surface area contributed by atoms with Gasteiger partial charge in [0.2, 0.25) is 10.0 Å². The van der Waals surface area contributed by atoms with Crippen molar-refractivity contribution in [2.45, 2.75) is 37.0 Å². The SMILES string of the molecule is Cl.O=C(NCC1CCCNC1)c1ccccc1S(=O)(=O)N1CCCCC1. The van der Waals surface area contributed by atoms with Crippen molar-refractivity contribution >= 4 is 28.3 Å². The molecule has 3 rings (SSSR count). The van der Waals surface area contributed by atoms with Crippen molar-refractivity contribution in [3.63, 3.8) is 0 Å². The number of halogens is 1. The van der Waals surface area contributed by atoms with Crippen LogP contribution in [0.4, 0.5) is 0 Å². The molecule has 2 saturated heterocycles. The van der Waals surface area contributed by atoms with Crippen molar-refractivity contribution in [1.29, 1.82) is 0 Å². The van der Waals surface area contributed by atoms with Crippen molar-refractivity contribution in [2.24, 2.45) is 5.92 Å². The number of hydrogen-bond acceptors (Lipinski definition) is 4. The summed E-state index contributed by atoms with van der Waals surface area (Å²) in [5, 5.41) is 6.25. The Balaban J connectivity index is 0.00000243. The van der Waals surface area contributed by atoms with Crippen LogP contribution in [-0.2, 0) is 10.0 Å². The maximum atomic E-state index is 13.0. The fourth-order valence-corrected chi connectivity index (χ4v) is 5.26. The highest BCUT2D eigenvalue weighted by Gasteiger charge is 2.29. The molecule has 0 radical (unpaired) electrons. The standard InChI is InChI=1S/C18H27N3O3S.ClH/c22-18(20-14-15-7-6-10-19-13-15)16-8-2-3-9-17(16)25(23,24)21-11-4-1-5-12-21;/h2-3,8-9,15,19H,1,4-7,10-14H2,(H,20,22);1H. The van der Waals surface area contributed by atoms with Gasteiger partial charge in [0, 0.05) is 19.6 Å². The molecule has 0 spiro atoms. The summed E-state index contributed by atoms with van der Waals surface area (Å²) < 4.78 is 27.4. The maximum absolute atomic E-state index is 13.0. The Morgan fingerprint density at radius 3 is 2.58 bits per heavy atom. The summed E-state index contributed by atoms with van der Waals surface area (Å²) in [5.74, 6) is 0.102. The number of nitrogens with zero attached hydrogens (tertiary/aromatic N) is 1. The van der Waals surface area contributed by atoms with Gasteiger partial charge in [0.15, 0.2) is 0 Å². The molecule has 1 aromatic rings. The number of carbonyl (C=O) groups is 1. The lowest BCUT2D eigenvalue weighted by Crippen LogP contribution is -2.39. The van der Waals surface area contributed by atoms with E-state index in [1.165, 1.54) is 4.31 Å². The van der Waals surface area contributed by atoms with Gasteiger partial charge in [0.25, 0.3) is 5.91 Å². The van der Waals surface area contributed by atoms with Gasteiger partial charge in [0.05, 0.1) is 10.5 Å². The third-order valence-corrected chi connectivity index (χ3v) is 6.97. The Morgan fingerprint density at radius 2 is 1.88 bits per heavy atom. The Hall–Kier alpha value is -1.15. The van der Waals surface area contributed by atoms with E-state index in [1.807, 2.05) is 0 Å². The number of amides is 1. The van der Waals surface area contributed by atoms with E-state index in [0.29, 0.717) is 25.6 Å². The van der Waals surface area contributed by atoms with Gasteiger partial charge in [-0.15, -0.1) is 12.4 Å². The number of sulfonamides is 1. The lowest BCUT2D eigenvalue weighted by atomic mass is 10.00. The van der Waals surface area contributed by atoms with Crippen molar-refractivity contribution in [1.82, 2.24) is 14.9 Å². The van der Waals surface area contributed by atoms with Crippen LogP contribution in [0, 0.1) is 5.92 Å². The molecule has 2 aliphatic heterocycles. The molecule has 2 aliphatic rings. The van der Waals surface area contributed by atoms with Crippen LogP contribution in [0.3, 0.4) is 0 Å². The minimum atomic E-state index is -3.62. The van der Waals surface area contributed by atoms with Crippen LogP contribution in [0.1, 0.15) is 42.5 Å². The average molecular weight is 402 g/mol. The Bertz CT molecular complexity index is 699. The molecule has 2 N–H and O–H groups in total. The van der Waals surface area contributed by atoms with E-state index in [9.17, 15) is 13.2 Å². The zero-order valence-corrected chi connectivity index (χ0v) is 16.6. The lowest BCUT2D eigenvalue weighted by Gasteiger charge is -2.27. The van der Waals surface area contributed by atoms with Crippen molar-refractivity contribution in [3.05, 3.63) is 29.8 Å². The van der Waals surface area contributed by atoms with Gasteiger partial charge in [-0.05, 0) is 56.8 Å². The van der Waals surface area contributed by atoms with Crippen LogP contribution in [0.15, 0.2) is 29.2 Å². The van der Waals surface area contributed by atoms with Crippen LogP contribution in [0.2, 0.25) is 0 Å². The number of benzene rings is 1. The molecule has 0 aliphatic carbocycles. The van der Waals surface area contributed by atoms with Crippen LogP contribution in [-0.4, -0.2) is 51.4 Å². The minimum Gasteiger partial charge on any atom is -0.352 e. The van der Waals surface area contributed by atoms with Crippen LogP contribution in [0.5, 0.6) is 0 Å². The van der Waals surface area contributed by atoms with Gasteiger partial charge < -0.3 is 10.6 Å². The molecule has 8 heteroatoms. The highest BCUT2D eigenvalue weighted by Crippen LogP contribution is 2.23. The Morgan fingerprint density at radius 1 is 1.15 bits per heavy atom. The molecular weight excluding hydrogens is 374 g/mol. The van der Waals surface area contributed by atoms with Gasteiger partial charge in [0.1, 0.15) is 0 Å². The summed E-state index contributed by atoms with van der Waals surface area (Å²) in [6, 6.07) is 6.54. The molecule has 1 aromatic carbocycles. The quantitative estimate of drug-likeness (QED) is 0.791. The smallest absolute Gasteiger partial charge is 0.252 e. The molecule has 2 heterocycles. The third kappa shape index (κ3) is 4.97. The Labute approximate surface area is 162 Å². The first kappa shape index (κ1) is 21.2. The summed E-state index contributed by atoms with van der Waals surface area (Å²) in [6.07, 6.45) is 5.01. The number of carbonyl (C=O) groups excluding carboxylic acids is 1. The second-order valence-electron chi connectivity index (χ2n) is 6.88. The fraction of sp³-hybridized carbons (Fsp3) is 0.611. The second-order valence-corrected chi connectivity index (χ2v) is 8.79. The maximum Gasteiger partial charge on any atom is 0.252 e. The van der Waals surface area contributed by atoms with Gasteiger partial charge in [-0.3, -0.25) is 4.79 Å². The van der Waals surface area contributed by atoms with E-state index in [-0.39, 0.29) is 28.8 Å². The van der Waals surface area contributed by atoms with Crippen molar-refractivity contribution in [2.75, 3.05) is 32.7 Å². The van der Waals surface area contributed by atoms with E-state index < -0.39 is 10.0 Å². The van der Waals surface area contributed by atoms with Crippen molar-refractivity contribution < 1.29 is 13.2 Å². The minimum absolute atomic E-state index is 0. The number of hydrogen-bond donors (Lipinski definition) is 2. The first-order valence-electron chi connectivity index (χ1n) is 9.17. The van der Waals surface area contributed by atoms with Gasteiger partial charge in [-0.25, -0.2) is 8.42 Å². The molecule has 1 amide bonds. The molecular formula is C18H28ClN3O3S. The van der Waals surface area contributed by atoms with Crippen LogP contribution < -0.4 is 10.6 Å². The number of piperidine rings is 2. The summed E-state index contributed by atoms with van der Waals surface area (Å²) in [6.45, 7) is 3.57. The fourth-order valence-electron chi connectivity index (χ4n) is 3.55. The van der Waals surface area contributed by atoms with E-state index in [4.69, 9.17) is 0 Å². The number of rotatable bonds is 5. The first-order valence-corrected chi connectivity index (χ1v) is 10.6. The molecule has 0 aromatic heterocycles. The summed E-state index contributed by atoms with van der Waals surface area (Å²) in [7, 11) is -3.62. The van der Waals surface area contributed by atoms with Gasteiger partial charge in [-0.1, -0.05) is 18.6 Å². The summed E-state index contributed by atoms with van der Waals surface area (Å²) >= 11 is 0. The zero-order chi connectivity index (χ0) is 17.7. The molecule has 26 heavy (non-hydrogen) atoms.